The third kappa shape index (κ3) is 7.87. The number of nitrogens with zero attached hydrogens (tertiary/aromatic N) is 6. The molecule has 0 N–H and O–H groups in total. The van der Waals surface area contributed by atoms with Gasteiger partial charge in [-0.15, -0.1) is 0 Å². The lowest BCUT2D eigenvalue weighted by molar-refractivity contribution is 0.622. The Kier molecular flexibility index (Phi) is 11.7. The molecule has 0 saturated carbocycles. The molecule has 0 aliphatic carbocycles. The summed E-state index contributed by atoms with van der Waals surface area (Å²) in [6.45, 7) is -0.625. The van der Waals surface area contributed by atoms with E-state index in [4.69, 9.17) is 8.83 Å². The summed E-state index contributed by atoms with van der Waals surface area (Å²) < 4.78 is 14.8. The second kappa shape index (κ2) is 20.7. The number of hydrogen-bond acceptors (Lipinski definition) is 8. The predicted molar refractivity (Wildman–Crippen MR) is 383 cm³/mol. The molecule has 19 rings (SSSR count). The molecule has 0 fully saturated rings. The van der Waals surface area contributed by atoms with Crippen molar-refractivity contribution in [2.75, 3.05) is 29.4 Å². The third-order valence-electron chi connectivity index (χ3n) is 18.9. The average molecular weight is 1180 g/mol. The van der Waals surface area contributed by atoms with Crippen LogP contribution in [0, 0.1) is 0 Å². The van der Waals surface area contributed by atoms with E-state index in [9.17, 15) is 0 Å². The minimum Gasteiger partial charge on any atom is -0.440 e. The Bertz CT molecular complexity index is 4920. The first kappa shape index (κ1) is 51.9. The lowest BCUT2D eigenvalue weighted by atomic mass is 9.31. The van der Waals surface area contributed by atoms with Gasteiger partial charge in [0.25, 0.3) is 13.4 Å². The summed E-state index contributed by atoms with van der Waals surface area (Å²) in [6.07, 6.45) is 0. The van der Waals surface area contributed by atoms with Gasteiger partial charge in [0.1, 0.15) is 11.2 Å². The lowest BCUT2D eigenvalue weighted by Gasteiger charge is -2.46. The quantitative estimate of drug-likeness (QED) is 0.126. The summed E-state index contributed by atoms with van der Waals surface area (Å²) >= 11 is 0. The Hall–Kier alpha value is -12.1. The topological polar surface area (TPSA) is 45.7 Å². The minimum absolute atomic E-state index is 0.312. The molecule has 0 amide bonds. The summed E-state index contributed by atoms with van der Waals surface area (Å²) in [7, 11) is 0. The van der Waals surface area contributed by atoms with Crippen LogP contribution in [0.3, 0.4) is 0 Å². The molecule has 10 heteroatoms. The van der Waals surface area contributed by atoms with Crippen LogP contribution < -0.4 is 62.2 Å². The van der Waals surface area contributed by atoms with Crippen LogP contribution in [0.2, 0.25) is 0 Å². The van der Waals surface area contributed by atoms with E-state index in [1.165, 1.54) is 10.9 Å². The third-order valence-corrected chi connectivity index (χ3v) is 18.9. The van der Waals surface area contributed by atoms with Crippen molar-refractivity contribution in [3.8, 4) is 0 Å². The molecule has 0 unspecified atom stereocenters. The van der Waals surface area contributed by atoms with Gasteiger partial charge in [-0.25, -0.2) is 0 Å². The Labute approximate surface area is 533 Å². The summed E-state index contributed by atoms with van der Waals surface area (Å²) in [4.78, 5) is 14.6. The van der Waals surface area contributed by atoms with Crippen LogP contribution in [0.1, 0.15) is 0 Å². The Morgan fingerprint density at radius 2 is 0.489 bits per heavy atom. The fourth-order valence-electron chi connectivity index (χ4n) is 15.2. The highest BCUT2D eigenvalue weighted by Gasteiger charge is 2.51. The van der Waals surface area contributed by atoms with Crippen LogP contribution in [0.15, 0.2) is 336 Å². The minimum atomic E-state index is -0.312. The van der Waals surface area contributed by atoms with Crippen molar-refractivity contribution in [1.29, 1.82) is 0 Å². The van der Waals surface area contributed by atoms with Gasteiger partial charge in [-0.2, -0.15) is 0 Å². The zero-order valence-electron chi connectivity index (χ0n) is 49.8. The van der Waals surface area contributed by atoms with Crippen molar-refractivity contribution < 1.29 is 8.83 Å². The first-order chi connectivity index (χ1) is 45.7. The molecule has 0 bridgehead atoms. The van der Waals surface area contributed by atoms with E-state index in [1.807, 2.05) is 0 Å². The molecular formula is C82H54B2N6O2. The fourth-order valence-corrected chi connectivity index (χ4v) is 15.2. The average Bonchev–Trinajstić information content (AvgIpc) is 1.69. The van der Waals surface area contributed by atoms with Gasteiger partial charge in [-0.05, 0) is 167 Å². The second-order valence-electron chi connectivity index (χ2n) is 24.0. The highest BCUT2D eigenvalue weighted by Crippen LogP contribution is 2.53. The molecule has 15 aromatic rings. The standard InChI is InChI=1S/C82H54B2N6O2/c1-9-29-55(30-10-1)85(56-31-11-2-12-32-56)63-49-71-79-73(51-63)89(61-41-21-7-22-42-61)81-77(65-45-25-27-47-75(65)91-81)83(79)67-54-70-68(53-69(67)87(71)59-37-17-5-18-38-59)84-78-66-46-26-28-48-76(66)92-82(78)90(62-43-23-8-24-44-62)74-52-64(50-72(80(74)84)88(70)60-39-19-6-20-40-60)86(57-33-13-3-14-34-57)58-35-15-4-16-36-58/h1-54H. The van der Waals surface area contributed by atoms with Gasteiger partial charge in [0, 0.05) is 101 Å². The van der Waals surface area contributed by atoms with Crippen molar-refractivity contribution >= 4 is 171 Å². The summed E-state index contributed by atoms with van der Waals surface area (Å²) in [5.74, 6) is 1.59. The number of furan rings is 2. The van der Waals surface area contributed by atoms with E-state index in [-0.39, 0.29) is 13.4 Å². The summed E-state index contributed by atoms with van der Waals surface area (Å²) in [5, 5.41) is 2.15. The molecule has 0 spiro atoms. The first-order valence-corrected chi connectivity index (χ1v) is 31.5. The Balaban J connectivity index is 0.964. The van der Waals surface area contributed by atoms with Crippen molar-refractivity contribution in [2.45, 2.75) is 0 Å². The molecule has 4 aliphatic heterocycles. The molecule has 92 heavy (non-hydrogen) atoms. The smallest absolute Gasteiger partial charge is 0.257 e. The second-order valence-corrected chi connectivity index (χ2v) is 24.0. The van der Waals surface area contributed by atoms with Crippen LogP contribution >= 0.6 is 0 Å². The molecule has 0 saturated heterocycles. The maximum atomic E-state index is 7.41. The monoisotopic (exact) mass is 1180 g/mol. The number of fused-ring (bicyclic) bond motifs is 12. The van der Waals surface area contributed by atoms with Crippen molar-refractivity contribution in [3.63, 3.8) is 0 Å². The fraction of sp³-hybridized carbons (Fsp3) is 0. The molecule has 4 aliphatic rings. The maximum Gasteiger partial charge on any atom is 0.257 e. The van der Waals surface area contributed by atoms with Gasteiger partial charge in [0.15, 0.2) is 0 Å². The maximum absolute atomic E-state index is 7.41. The molecule has 0 atom stereocenters. The molecule has 8 nitrogen and oxygen atoms in total. The van der Waals surface area contributed by atoms with Gasteiger partial charge < -0.3 is 28.4 Å². The largest absolute Gasteiger partial charge is 0.440 e. The Morgan fingerprint density at radius 1 is 0.228 bits per heavy atom. The van der Waals surface area contributed by atoms with Gasteiger partial charge in [0.2, 0.25) is 11.8 Å². The Morgan fingerprint density at radius 3 is 0.804 bits per heavy atom. The van der Waals surface area contributed by atoms with Crippen molar-refractivity contribution in [2.24, 2.45) is 0 Å². The predicted octanol–water partition coefficient (Wildman–Crippen LogP) is 18.3. The number of rotatable bonds is 10. The summed E-state index contributed by atoms with van der Waals surface area (Å²) in [6, 6.07) is 119. The van der Waals surface area contributed by atoms with Crippen LogP contribution in [0.5, 0.6) is 0 Å². The van der Waals surface area contributed by atoms with E-state index >= 15 is 0 Å². The van der Waals surface area contributed by atoms with E-state index in [1.54, 1.807) is 0 Å². The number of anilines is 18. The molecular weight excluding hydrogens is 1120 g/mol. The van der Waals surface area contributed by atoms with Crippen molar-refractivity contribution in [3.05, 3.63) is 328 Å². The highest BCUT2D eigenvalue weighted by atomic mass is 16.4. The number of benzene rings is 13. The molecule has 430 valence electrons. The lowest BCUT2D eigenvalue weighted by Crippen LogP contribution is -2.64. The van der Waals surface area contributed by atoms with Crippen LogP contribution in [0.4, 0.5) is 103 Å². The van der Waals surface area contributed by atoms with Crippen LogP contribution in [-0.2, 0) is 0 Å². The van der Waals surface area contributed by atoms with E-state index in [0.717, 1.165) is 147 Å². The number of para-hydroxylation sites is 10. The summed E-state index contributed by atoms with van der Waals surface area (Å²) in [5.41, 5.74) is 25.3. The van der Waals surface area contributed by atoms with Gasteiger partial charge in [-0.3, -0.25) is 9.80 Å². The van der Waals surface area contributed by atoms with E-state index < -0.39 is 0 Å². The van der Waals surface area contributed by atoms with Crippen LogP contribution in [0.25, 0.3) is 21.9 Å². The molecule has 13 aromatic carbocycles. The van der Waals surface area contributed by atoms with Gasteiger partial charge in [0.05, 0.1) is 11.4 Å². The SMILES string of the molecule is c1ccc(N(c2ccccc2)c2cc3c4c(c2)N(c2ccccc2)c2oc5ccccc5c2B4c2cc4c(cc2N3c2ccccc2)B2c3c(cc(N(c5ccccc5)c5ccccc5)cc3N(c3ccccc3)c3oc5ccccc5c32)N4c2ccccc2)cc1. The molecule has 6 heterocycles. The van der Waals surface area contributed by atoms with E-state index in [0.29, 0.717) is 0 Å². The van der Waals surface area contributed by atoms with Crippen LogP contribution in [-0.4, -0.2) is 13.4 Å². The normalized spacial score (nSPS) is 13.1. The zero-order valence-corrected chi connectivity index (χ0v) is 49.8. The number of hydrogen-bond donors (Lipinski definition) is 0. The van der Waals surface area contributed by atoms with Gasteiger partial charge >= 0.3 is 0 Å². The molecule has 0 radical (unpaired) electrons. The molecule has 2 aromatic heterocycles. The zero-order chi connectivity index (χ0) is 60.4. The highest BCUT2D eigenvalue weighted by molar-refractivity contribution is 7.03. The first-order valence-electron chi connectivity index (χ1n) is 31.5. The van der Waals surface area contributed by atoms with Gasteiger partial charge in [-0.1, -0.05) is 182 Å². The van der Waals surface area contributed by atoms with Crippen molar-refractivity contribution in [1.82, 2.24) is 0 Å². The van der Waals surface area contributed by atoms with E-state index in [2.05, 4.69) is 357 Å².